The lowest BCUT2D eigenvalue weighted by molar-refractivity contribution is 0.508. The van der Waals surface area contributed by atoms with E-state index in [2.05, 4.69) is 18.1 Å². The average Bonchev–Trinajstić information content (AvgIpc) is 2.52. The minimum absolute atomic E-state index is 0.0880. The molecule has 1 unspecified atom stereocenters. The summed E-state index contributed by atoms with van der Waals surface area (Å²) in [6.45, 7) is 2.06. The lowest BCUT2D eigenvalue weighted by Gasteiger charge is -2.06. The summed E-state index contributed by atoms with van der Waals surface area (Å²) in [5, 5.41) is 12.7. The zero-order valence-electron chi connectivity index (χ0n) is 6.57. The van der Waals surface area contributed by atoms with Crippen molar-refractivity contribution in [2.75, 3.05) is 0 Å². The molecule has 0 aromatic carbocycles. The normalized spacial score (nSPS) is 12.4. The van der Waals surface area contributed by atoms with Gasteiger partial charge in [-0.05, 0) is 12.5 Å². The molecule has 11 heavy (non-hydrogen) atoms. The summed E-state index contributed by atoms with van der Waals surface area (Å²) >= 11 is 0. The Bertz CT molecular complexity index is 232. The van der Waals surface area contributed by atoms with Gasteiger partial charge in [0.05, 0.1) is 6.07 Å². The lowest BCUT2D eigenvalue weighted by atomic mass is 10.2. The number of nitrogens with zero attached hydrogens (tertiary/aromatic N) is 3. The van der Waals surface area contributed by atoms with Crippen LogP contribution in [0, 0.1) is 11.3 Å². The van der Waals surface area contributed by atoms with Gasteiger partial charge in [0.2, 0.25) is 0 Å². The van der Waals surface area contributed by atoms with E-state index in [4.69, 9.17) is 5.26 Å². The summed E-state index contributed by atoms with van der Waals surface area (Å²) in [6, 6.07) is 3.95. The fraction of sp³-hybridized carbons (Fsp3) is 0.500. The smallest absolute Gasteiger partial charge is 0.138 e. The van der Waals surface area contributed by atoms with Crippen LogP contribution >= 0.6 is 0 Å². The molecular formula is C8H11N3. The Kier molecular flexibility index (Phi) is 2.67. The molecule has 1 aromatic rings. The molecule has 1 atom stereocenters. The Balaban J connectivity index is 2.65. The van der Waals surface area contributed by atoms with Crippen LogP contribution in [0.4, 0.5) is 0 Å². The third-order valence-electron chi connectivity index (χ3n) is 1.56. The largest absolute Gasteiger partial charge is 0.256 e. The first-order chi connectivity index (χ1) is 5.38. The fourth-order valence-corrected chi connectivity index (χ4v) is 0.994. The Morgan fingerprint density at radius 1 is 1.73 bits per heavy atom. The van der Waals surface area contributed by atoms with Crippen molar-refractivity contribution >= 4 is 0 Å². The first-order valence-electron chi connectivity index (χ1n) is 3.77. The molecule has 58 valence electrons. The van der Waals surface area contributed by atoms with E-state index in [9.17, 15) is 0 Å². The predicted octanol–water partition coefficient (Wildman–Crippen LogP) is 1.75. The van der Waals surface area contributed by atoms with Gasteiger partial charge in [0.15, 0.2) is 0 Å². The molecule has 0 bridgehead atoms. The van der Waals surface area contributed by atoms with Crippen LogP contribution in [0.25, 0.3) is 0 Å². The number of rotatable bonds is 3. The first-order valence-corrected chi connectivity index (χ1v) is 3.77. The standard InChI is InChI=1S/C8H11N3/c1-2-4-8(7-9)11-6-3-5-10-11/h3,5-6,8H,2,4H2,1H3. The Morgan fingerprint density at radius 3 is 3.00 bits per heavy atom. The van der Waals surface area contributed by atoms with Crippen molar-refractivity contribution in [3.8, 4) is 6.07 Å². The molecule has 0 saturated heterocycles. The second kappa shape index (κ2) is 3.77. The van der Waals surface area contributed by atoms with Crippen LogP contribution in [-0.4, -0.2) is 9.78 Å². The molecule has 0 N–H and O–H groups in total. The highest BCUT2D eigenvalue weighted by molar-refractivity contribution is 4.91. The van der Waals surface area contributed by atoms with Crippen molar-refractivity contribution < 1.29 is 0 Å². The van der Waals surface area contributed by atoms with E-state index in [-0.39, 0.29) is 6.04 Å². The molecule has 0 aliphatic rings. The summed E-state index contributed by atoms with van der Waals surface area (Å²) in [5.41, 5.74) is 0. The van der Waals surface area contributed by atoms with E-state index in [0.29, 0.717) is 0 Å². The summed E-state index contributed by atoms with van der Waals surface area (Å²) in [5.74, 6) is 0. The maximum atomic E-state index is 8.72. The molecule has 0 amide bonds. The van der Waals surface area contributed by atoms with Gasteiger partial charge in [0, 0.05) is 12.4 Å². The molecule has 3 heteroatoms. The minimum atomic E-state index is -0.0880. The number of aromatic nitrogens is 2. The van der Waals surface area contributed by atoms with Crippen LogP contribution in [0.1, 0.15) is 25.8 Å². The van der Waals surface area contributed by atoms with Crippen molar-refractivity contribution in [1.82, 2.24) is 9.78 Å². The van der Waals surface area contributed by atoms with Gasteiger partial charge in [-0.3, -0.25) is 4.68 Å². The van der Waals surface area contributed by atoms with Gasteiger partial charge in [0.1, 0.15) is 6.04 Å². The molecule has 0 spiro atoms. The minimum Gasteiger partial charge on any atom is -0.256 e. The molecule has 0 radical (unpaired) electrons. The predicted molar refractivity (Wildman–Crippen MR) is 41.8 cm³/mol. The van der Waals surface area contributed by atoms with Gasteiger partial charge in [-0.2, -0.15) is 10.4 Å². The fourth-order valence-electron chi connectivity index (χ4n) is 0.994. The molecule has 0 saturated carbocycles. The van der Waals surface area contributed by atoms with E-state index in [0.717, 1.165) is 12.8 Å². The molecular weight excluding hydrogens is 138 g/mol. The van der Waals surface area contributed by atoms with E-state index < -0.39 is 0 Å². The van der Waals surface area contributed by atoms with Crippen LogP contribution in [-0.2, 0) is 0 Å². The van der Waals surface area contributed by atoms with Gasteiger partial charge in [-0.1, -0.05) is 13.3 Å². The van der Waals surface area contributed by atoms with Gasteiger partial charge >= 0.3 is 0 Å². The average molecular weight is 149 g/mol. The van der Waals surface area contributed by atoms with Crippen molar-refractivity contribution in [3.05, 3.63) is 18.5 Å². The zero-order valence-corrected chi connectivity index (χ0v) is 6.57. The highest BCUT2D eigenvalue weighted by Gasteiger charge is 2.06. The molecule has 3 nitrogen and oxygen atoms in total. The molecule has 1 heterocycles. The second-order valence-electron chi connectivity index (χ2n) is 2.42. The van der Waals surface area contributed by atoms with E-state index >= 15 is 0 Å². The summed E-state index contributed by atoms with van der Waals surface area (Å²) in [6.07, 6.45) is 5.40. The maximum absolute atomic E-state index is 8.72. The summed E-state index contributed by atoms with van der Waals surface area (Å²) < 4.78 is 1.70. The van der Waals surface area contributed by atoms with Crippen molar-refractivity contribution in [3.63, 3.8) is 0 Å². The van der Waals surface area contributed by atoms with Gasteiger partial charge in [-0.15, -0.1) is 0 Å². The molecule has 0 fully saturated rings. The molecule has 1 rings (SSSR count). The van der Waals surface area contributed by atoms with Crippen LogP contribution < -0.4 is 0 Å². The van der Waals surface area contributed by atoms with Crippen molar-refractivity contribution in [1.29, 1.82) is 5.26 Å². The number of hydrogen-bond donors (Lipinski definition) is 0. The third-order valence-corrected chi connectivity index (χ3v) is 1.56. The maximum Gasteiger partial charge on any atom is 0.138 e. The molecule has 1 aromatic heterocycles. The third kappa shape index (κ3) is 1.81. The van der Waals surface area contributed by atoms with Crippen LogP contribution in [0.2, 0.25) is 0 Å². The Hall–Kier alpha value is -1.30. The van der Waals surface area contributed by atoms with Crippen LogP contribution in [0.15, 0.2) is 18.5 Å². The van der Waals surface area contributed by atoms with Crippen LogP contribution in [0.5, 0.6) is 0 Å². The summed E-state index contributed by atoms with van der Waals surface area (Å²) in [7, 11) is 0. The van der Waals surface area contributed by atoms with Crippen molar-refractivity contribution in [2.24, 2.45) is 0 Å². The highest BCUT2D eigenvalue weighted by atomic mass is 15.3. The SMILES string of the molecule is CCCC(C#N)n1cccn1. The first kappa shape index (κ1) is 7.80. The monoisotopic (exact) mass is 149 g/mol. The van der Waals surface area contributed by atoms with Gasteiger partial charge < -0.3 is 0 Å². The molecule has 0 aliphatic carbocycles. The molecule has 0 aliphatic heterocycles. The van der Waals surface area contributed by atoms with Crippen LogP contribution in [0.3, 0.4) is 0 Å². The number of hydrogen-bond acceptors (Lipinski definition) is 2. The zero-order chi connectivity index (χ0) is 8.10. The Morgan fingerprint density at radius 2 is 2.55 bits per heavy atom. The van der Waals surface area contributed by atoms with E-state index in [1.807, 2.05) is 12.3 Å². The lowest BCUT2D eigenvalue weighted by Crippen LogP contribution is -2.06. The van der Waals surface area contributed by atoms with Crippen molar-refractivity contribution in [2.45, 2.75) is 25.8 Å². The Labute approximate surface area is 66.3 Å². The summed E-state index contributed by atoms with van der Waals surface area (Å²) in [4.78, 5) is 0. The van der Waals surface area contributed by atoms with E-state index in [1.165, 1.54) is 0 Å². The topological polar surface area (TPSA) is 41.6 Å². The quantitative estimate of drug-likeness (QED) is 0.657. The van der Waals surface area contributed by atoms with E-state index in [1.54, 1.807) is 10.9 Å². The van der Waals surface area contributed by atoms with Gasteiger partial charge in [0.25, 0.3) is 0 Å². The second-order valence-corrected chi connectivity index (χ2v) is 2.42. The van der Waals surface area contributed by atoms with Gasteiger partial charge in [-0.25, -0.2) is 0 Å². The number of nitriles is 1. The highest BCUT2D eigenvalue weighted by Crippen LogP contribution is 2.09.